The summed E-state index contributed by atoms with van der Waals surface area (Å²) in [5.74, 6) is 1.11. The summed E-state index contributed by atoms with van der Waals surface area (Å²) >= 11 is 1.89. The fourth-order valence-corrected chi connectivity index (χ4v) is 2.19. The molecule has 0 aromatic carbocycles. The normalized spacial score (nSPS) is 10.2. The molecule has 106 valence electrons. The number of hydrogen-bond acceptors (Lipinski definition) is 4. The van der Waals surface area contributed by atoms with Crippen molar-refractivity contribution >= 4 is 23.4 Å². The SMILES string of the molecule is CCNC(=O)c1cc(NCCCCCSC)ccn1. The Kier molecular flexibility index (Phi) is 8.05. The number of aromatic nitrogens is 1. The van der Waals surface area contributed by atoms with Gasteiger partial charge in [0, 0.05) is 25.0 Å². The number of nitrogens with zero attached hydrogens (tertiary/aromatic N) is 1. The molecular weight excluding hydrogens is 258 g/mol. The third kappa shape index (κ3) is 6.47. The number of nitrogens with one attached hydrogen (secondary N) is 2. The van der Waals surface area contributed by atoms with E-state index in [2.05, 4.69) is 21.9 Å². The standard InChI is InChI=1S/C14H23N3OS/c1-3-15-14(18)13-11-12(7-9-17-13)16-8-5-4-6-10-19-2/h7,9,11H,3-6,8,10H2,1-2H3,(H,15,18)(H,16,17). The fourth-order valence-electron chi connectivity index (χ4n) is 1.70. The minimum atomic E-state index is -0.119. The lowest BCUT2D eigenvalue weighted by Crippen LogP contribution is -2.23. The van der Waals surface area contributed by atoms with Gasteiger partial charge in [-0.1, -0.05) is 6.42 Å². The van der Waals surface area contributed by atoms with Crippen LogP contribution in [0.2, 0.25) is 0 Å². The maximum absolute atomic E-state index is 11.6. The van der Waals surface area contributed by atoms with E-state index < -0.39 is 0 Å². The molecule has 0 saturated carbocycles. The summed E-state index contributed by atoms with van der Waals surface area (Å²) in [6.45, 7) is 3.45. The van der Waals surface area contributed by atoms with Gasteiger partial charge in [0.25, 0.3) is 5.91 Å². The van der Waals surface area contributed by atoms with Crippen LogP contribution in [0.1, 0.15) is 36.7 Å². The van der Waals surface area contributed by atoms with Gasteiger partial charge >= 0.3 is 0 Å². The molecule has 0 atom stereocenters. The van der Waals surface area contributed by atoms with Gasteiger partial charge in [-0.15, -0.1) is 0 Å². The van der Waals surface area contributed by atoms with Crippen LogP contribution in [0.3, 0.4) is 0 Å². The highest BCUT2D eigenvalue weighted by molar-refractivity contribution is 7.98. The highest BCUT2D eigenvalue weighted by Gasteiger charge is 2.05. The zero-order valence-corrected chi connectivity index (χ0v) is 12.6. The van der Waals surface area contributed by atoms with E-state index in [4.69, 9.17) is 0 Å². The van der Waals surface area contributed by atoms with Crippen LogP contribution in [0.4, 0.5) is 5.69 Å². The second kappa shape index (κ2) is 9.67. The number of anilines is 1. The summed E-state index contributed by atoms with van der Waals surface area (Å²) in [5, 5.41) is 6.08. The van der Waals surface area contributed by atoms with Crippen molar-refractivity contribution in [3.8, 4) is 0 Å². The third-order valence-corrected chi connectivity index (χ3v) is 3.38. The molecule has 5 heteroatoms. The van der Waals surface area contributed by atoms with Crippen molar-refractivity contribution in [1.82, 2.24) is 10.3 Å². The summed E-state index contributed by atoms with van der Waals surface area (Å²) in [4.78, 5) is 15.7. The molecule has 0 spiro atoms. The van der Waals surface area contributed by atoms with Crippen LogP contribution < -0.4 is 10.6 Å². The molecule has 0 aliphatic carbocycles. The van der Waals surface area contributed by atoms with E-state index in [0.29, 0.717) is 12.2 Å². The van der Waals surface area contributed by atoms with Crippen molar-refractivity contribution in [2.45, 2.75) is 26.2 Å². The molecule has 1 aromatic heterocycles. The van der Waals surface area contributed by atoms with E-state index in [9.17, 15) is 4.79 Å². The van der Waals surface area contributed by atoms with Crippen LogP contribution >= 0.6 is 11.8 Å². The molecule has 0 fully saturated rings. The average molecular weight is 281 g/mol. The third-order valence-electron chi connectivity index (χ3n) is 2.68. The van der Waals surface area contributed by atoms with Crippen molar-refractivity contribution in [3.05, 3.63) is 24.0 Å². The molecule has 0 saturated heterocycles. The van der Waals surface area contributed by atoms with Gasteiger partial charge < -0.3 is 10.6 Å². The first-order valence-corrected chi connectivity index (χ1v) is 8.14. The molecule has 1 heterocycles. The monoisotopic (exact) mass is 281 g/mol. The quantitative estimate of drug-likeness (QED) is 0.683. The molecule has 0 unspecified atom stereocenters. The maximum atomic E-state index is 11.6. The van der Waals surface area contributed by atoms with Crippen LogP contribution in [0, 0.1) is 0 Å². The van der Waals surface area contributed by atoms with E-state index in [-0.39, 0.29) is 5.91 Å². The molecule has 0 aliphatic heterocycles. The second-order valence-electron chi connectivity index (χ2n) is 4.27. The van der Waals surface area contributed by atoms with Crippen molar-refractivity contribution in [2.75, 3.05) is 30.4 Å². The van der Waals surface area contributed by atoms with Crippen molar-refractivity contribution < 1.29 is 4.79 Å². The smallest absolute Gasteiger partial charge is 0.269 e. The number of carbonyl (C=O) groups excluding carboxylic acids is 1. The summed E-state index contributed by atoms with van der Waals surface area (Å²) in [6.07, 6.45) is 7.46. The average Bonchev–Trinajstić information content (AvgIpc) is 2.43. The van der Waals surface area contributed by atoms with Crippen LogP contribution in [-0.4, -0.2) is 36.0 Å². The predicted octanol–water partition coefficient (Wildman–Crippen LogP) is 2.78. The van der Waals surface area contributed by atoms with E-state index >= 15 is 0 Å². The molecule has 0 aliphatic rings. The largest absolute Gasteiger partial charge is 0.385 e. The Labute approximate surface area is 119 Å². The van der Waals surface area contributed by atoms with E-state index in [1.165, 1.54) is 18.6 Å². The molecule has 0 bridgehead atoms. The second-order valence-corrected chi connectivity index (χ2v) is 5.26. The first-order chi connectivity index (χ1) is 9.27. The number of amides is 1. The van der Waals surface area contributed by atoms with E-state index in [0.717, 1.165) is 18.7 Å². The minimum absolute atomic E-state index is 0.119. The summed E-state index contributed by atoms with van der Waals surface area (Å²) in [6, 6.07) is 3.69. The highest BCUT2D eigenvalue weighted by Crippen LogP contribution is 2.09. The molecule has 4 nitrogen and oxygen atoms in total. The van der Waals surface area contributed by atoms with Gasteiger partial charge in [0.2, 0.25) is 0 Å². The van der Waals surface area contributed by atoms with Gasteiger partial charge in [0.1, 0.15) is 5.69 Å². The predicted molar refractivity (Wildman–Crippen MR) is 83.0 cm³/mol. The number of rotatable bonds is 9. The summed E-state index contributed by atoms with van der Waals surface area (Å²) < 4.78 is 0. The zero-order valence-electron chi connectivity index (χ0n) is 11.7. The first-order valence-electron chi connectivity index (χ1n) is 6.75. The number of hydrogen-bond donors (Lipinski definition) is 2. The van der Waals surface area contributed by atoms with Crippen molar-refractivity contribution in [3.63, 3.8) is 0 Å². The van der Waals surface area contributed by atoms with E-state index in [1.54, 1.807) is 12.3 Å². The number of carbonyl (C=O) groups is 1. The Hall–Kier alpha value is -1.23. The Balaban J connectivity index is 2.34. The number of unbranched alkanes of at least 4 members (excludes halogenated alkanes) is 2. The van der Waals surface area contributed by atoms with Crippen LogP contribution in [0.25, 0.3) is 0 Å². The van der Waals surface area contributed by atoms with Gasteiger partial charge in [-0.25, -0.2) is 0 Å². The molecule has 0 radical (unpaired) electrons. The minimum Gasteiger partial charge on any atom is -0.385 e. The Morgan fingerprint density at radius 3 is 2.95 bits per heavy atom. The molecule has 1 amide bonds. The van der Waals surface area contributed by atoms with Crippen molar-refractivity contribution in [1.29, 1.82) is 0 Å². The molecular formula is C14H23N3OS. The molecule has 1 aromatic rings. The molecule has 19 heavy (non-hydrogen) atoms. The Morgan fingerprint density at radius 2 is 2.21 bits per heavy atom. The fraction of sp³-hybridized carbons (Fsp3) is 0.571. The molecule has 2 N–H and O–H groups in total. The van der Waals surface area contributed by atoms with Crippen molar-refractivity contribution in [2.24, 2.45) is 0 Å². The van der Waals surface area contributed by atoms with Gasteiger partial charge in [-0.3, -0.25) is 9.78 Å². The number of pyridine rings is 1. The summed E-state index contributed by atoms with van der Waals surface area (Å²) in [5.41, 5.74) is 1.43. The first kappa shape index (κ1) is 15.8. The lowest BCUT2D eigenvalue weighted by Gasteiger charge is -2.07. The van der Waals surface area contributed by atoms with Gasteiger partial charge in [-0.05, 0) is 43.9 Å². The Morgan fingerprint density at radius 1 is 1.37 bits per heavy atom. The van der Waals surface area contributed by atoms with Crippen LogP contribution in [-0.2, 0) is 0 Å². The van der Waals surface area contributed by atoms with Gasteiger partial charge in [0.05, 0.1) is 0 Å². The van der Waals surface area contributed by atoms with E-state index in [1.807, 2.05) is 24.8 Å². The number of thioether (sulfide) groups is 1. The lowest BCUT2D eigenvalue weighted by atomic mass is 10.2. The van der Waals surface area contributed by atoms with Crippen LogP contribution in [0.15, 0.2) is 18.3 Å². The topological polar surface area (TPSA) is 54.0 Å². The van der Waals surface area contributed by atoms with Crippen LogP contribution in [0.5, 0.6) is 0 Å². The van der Waals surface area contributed by atoms with Gasteiger partial charge in [0.15, 0.2) is 0 Å². The Bertz CT molecular complexity index is 385. The molecule has 1 rings (SSSR count). The maximum Gasteiger partial charge on any atom is 0.269 e. The summed E-state index contributed by atoms with van der Waals surface area (Å²) in [7, 11) is 0. The highest BCUT2D eigenvalue weighted by atomic mass is 32.2. The zero-order chi connectivity index (χ0) is 13.9. The lowest BCUT2D eigenvalue weighted by molar-refractivity contribution is 0.0951. The van der Waals surface area contributed by atoms with Gasteiger partial charge in [-0.2, -0.15) is 11.8 Å².